The molecule has 0 spiro atoms. The van der Waals surface area contributed by atoms with Crippen LogP contribution in [0.1, 0.15) is 113 Å². The van der Waals surface area contributed by atoms with Crippen LogP contribution in [0.25, 0.3) is 11.2 Å². The van der Waals surface area contributed by atoms with E-state index in [1.54, 1.807) is 0 Å². The minimum absolute atomic E-state index is 0.0310. The number of ether oxygens (including phenoxy) is 1. The van der Waals surface area contributed by atoms with E-state index >= 15 is 0 Å². The Morgan fingerprint density at radius 2 is 1.67 bits per heavy atom. The normalized spacial score (nSPS) is 31.6. The van der Waals surface area contributed by atoms with Crippen LogP contribution < -0.4 is 16.4 Å². The number of phosphoric ester groups is 3. The third kappa shape index (κ3) is 15.6. The van der Waals surface area contributed by atoms with Crippen molar-refractivity contribution >= 4 is 69.1 Å². The average molecular weight is 1100 g/mol. The van der Waals surface area contributed by atoms with Gasteiger partial charge in [-0.1, -0.05) is 79.5 Å². The smallest absolute Gasteiger partial charge is 0.393 e. The highest BCUT2D eigenvalue weighted by Crippen LogP contribution is 2.62. The van der Waals surface area contributed by atoms with Gasteiger partial charge < -0.3 is 56.0 Å². The quantitative estimate of drug-likeness (QED) is 0.0703. The van der Waals surface area contributed by atoms with E-state index in [9.17, 15) is 63.0 Å². The molecule has 1 saturated heterocycles. The third-order valence-corrected chi connectivity index (χ3v) is 18.8. The topological polar surface area (TPSA) is 384 Å². The number of nitrogens with zero attached hydrogens (tertiary/aromatic N) is 4. The summed E-state index contributed by atoms with van der Waals surface area (Å²) >= 11 is 1.03. The Bertz CT molecular complexity index is 2360. The van der Waals surface area contributed by atoms with Gasteiger partial charge in [-0.25, -0.2) is 28.6 Å². The van der Waals surface area contributed by atoms with Crippen LogP contribution in [0, 0.1) is 45.8 Å². The van der Waals surface area contributed by atoms with Crippen molar-refractivity contribution < 1.29 is 85.6 Å². The van der Waals surface area contributed by atoms with Crippen molar-refractivity contribution in [3.63, 3.8) is 0 Å². The number of amides is 2. The first-order valence-corrected chi connectivity index (χ1v) is 29.5. The largest absolute Gasteiger partial charge is 0.481 e. The lowest BCUT2D eigenvalue weighted by Crippen LogP contribution is -2.53. The molecule has 2 amide bonds. The van der Waals surface area contributed by atoms with Crippen LogP contribution in [-0.2, 0) is 50.7 Å². The Balaban J connectivity index is 0.000000377. The third-order valence-electron chi connectivity index (χ3n) is 14.9. The van der Waals surface area contributed by atoms with Gasteiger partial charge in [0.2, 0.25) is 11.8 Å². The van der Waals surface area contributed by atoms with Crippen molar-refractivity contribution in [3.05, 3.63) is 12.7 Å². The zero-order valence-corrected chi connectivity index (χ0v) is 45.4. The lowest BCUT2D eigenvalue weighted by atomic mass is 9.48. The molecule has 3 saturated carbocycles. The number of thioether (sulfide) groups is 1. The van der Waals surface area contributed by atoms with Gasteiger partial charge in [0.05, 0.1) is 25.6 Å². The van der Waals surface area contributed by atoms with Crippen LogP contribution in [0.5, 0.6) is 0 Å². The van der Waals surface area contributed by atoms with Crippen LogP contribution >= 0.6 is 35.2 Å². The van der Waals surface area contributed by atoms with Gasteiger partial charge in [0, 0.05) is 37.6 Å². The predicted octanol–water partition coefficient (Wildman–Crippen LogP) is 3.96. The second-order valence-electron chi connectivity index (χ2n) is 21.1. The summed E-state index contributed by atoms with van der Waals surface area (Å²) in [5.41, 5.74) is 4.97. The van der Waals surface area contributed by atoms with E-state index in [2.05, 4.69) is 69.0 Å². The Morgan fingerprint density at radius 1 is 0.986 bits per heavy atom. The number of carbonyl (C=O) groups excluding carboxylic acids is 3. The zero-order valence-electron chi connectivity index (χ0n) is 41.9. The number of hydrogen-bond acceptors (Lipinski definition) is 19. The fourth-order valence-corrected chi connectivity index (χ4v) is 14.5. The Hall–Kier alpha value is -2.48. The van der Waals surface area contributed by atoms with E-state index in [0.717, 1.165) is 53.2 Å². The first kappa shape index (κ1) is 60.4. The molecule has 0 radical (unpaired) electrons. The second kappa shape index (κ2) is 24.2. The molecule has 6 rings (SSSR count). The summed E-state index contributed by atoms with van der Waals surface area (Å²) in [6, 6.07) is 0. The highest BCUT2D eigenvalue weighted by Gasteiger charge is 2.54. The van der Waals surface area contributed by atoms with E-state index in [1.807, 2.05) is 0 Å². The number of anilines is 1. The highest BCUT2D eigenvalue weighted by molar-refractivity contribution is 8.13. The van der Waals surface area contributed by atoms with E-state index in [4.69, 9.17) is 19.5 Å². The number of carbonyl (C=O) groups is 3. The van der Waals surface area contributed by atoms with Gasteiger partial charge in [0.15, 0.2) is 22.8 Å². The SMILES string of the molecule is CC(=O)SCCNC(=O)CCNC(=O)[C@H](O)C(C)(C)COP(=O)(O)OP(=O)(O)OC[C@H]1O[C@@H](n2cnc3c(N)ncnc32)[C@H](O)[C@@H]1OP(=O)(O)O.C[C@@H]1CCC[C@@]2(C)CC(O)[C@H]3[C@H](C)CC[C@@H](C[C@H]12)C3(C)C. The molecule has 72 heavy (non-hydrogen) atoms. The molecule has 25 nitrogen and oxygen atoms in total. The number of aliphatic hydroxyl groups excluding tert-OH is 3. The summed E-state index contributed by atoms with van der Waals surface area (Å²) in [7, 11) is -16.4. The Kier molecular flexibility index (Phi) is 20.3. The van der Waals surface area contributed by atoms with Gasteiger partial charge in [-0.3, -0.25) is 32.5 Å². The van der Waals surface area contributed by atoms with Crippen molar-refractivity contribution in [1.29, 1.82) is 0 Å². The van der Waals surface area contributed by atoms with Crippen molar-refractivity contribution in [1.82, 2.24) is 30.2 Å². The lowest BCUT2D eigenvalue weighted by molar-refractivity contribution is -0.137. The first-order valence-electron chi connectivity index (χ1n) is 24.0. The van der Waals surface area contributed by atoms with Crippen LogP contribution in [0.2, 0.25) is 0 Å². The van der Waals surface area contributed by atoms with Gasteiger partial charge in [0.1, 0.15) is 36.3 Å². The monoisotopic (exact) mass is 1100 g/mol. The minimum Gasteiger partial charge on any atom is -0.393 e. The summed E-state index contributed by atoms with van der Waals surface area (Å²) in [5, 5.41) is 37.2. The number of aromatic nitrogens is 4. The first-order chi connectivity index (χ1) is 33.3. The van der Waals surface area contributed by atoms with Crippen LogP contribution in [0.4, 0.5) is 5.82 Å². The van der Waals surface area contributed by atoms with Gasteiger partial charge in [-0.15, -0.1) is 0 Å². The summed E-state index contributed by atoms with van der Waals surface area (Å²) in [5.74, 6) is 2.61. The minimum atomic E-state index is -5.56. The maximum atomic E-state index is 12.6. The maximum absolute atomic E-state index is 12.6. The molecule has 29 heteroatoms. The zero-order chi connectivity index (χ0) is 53.8. The van der Waals surface area contributed by atoms with Gasteiger partial charge in [-0.05, 0) is 66.1 Å². The number of nitrogen functional groups attached to an aromatic ring is 1. The fourth-order valence-electron chi connectivity index (χ4n) is 11.2. The lowest BCUT2D eigenvalue weighted by Gasteiger charge is -2.58. The van der Waals surface area contributed by atoms with Crippen molar-refractivity contribution in [2.75, 3.05) is 37.8 Å². The molecule has 2 aromatic rings. The van der Waals surface area contributed by atoms with Crippen molar-refractivity contribution in [2.45, 2.75) is 144 Å². The molecule has 4 fully saturated rings. The van der Waals surface area contributed by atoms with Gasteiger partial charge in [0.25, 0.3) is 0 Å². The molecule has 0 aromatic carbocycles. The molecular formula is C43H74N7O18P3S. The van der Waals surface area contributed by atoms with Crippen LogP contribution in [-0.4, -0.2) is 134 Å². The summed E-state index contributed by atoms with van der Waals surface area (Å²) in [4.78, 5) is 85.9. The van der Waals surface area contributed by atoms with Crippen LogP contribution in [0.15, 0.2) is 12.7 Å². The number of imidazole rings is 1. The number of hydrogen-bond donors (Lipinski definition) is 10. The Morgan fingerprint density at radius 3 is 2.33 bits per heavy atom. The molecule has 14 atom stereocenters. The van der Waals surface area contributed by atoms with Crippen molar-refractivity contribution in [3.8, 4) is 0 Å². The van der Waals surface area contributed by atoms with E-state index < -0.39 is 84.6 Å². The standard InChI is InChI=1S/C23H38N7O17P3S.C20H36O/c1-12(31)51-7-6-25-14(32)4-5-26-21(35)18(34)23(2,3)9-44-50(41,42)47-49(39,40)43-8-13-17(46-48(36,37)38)16(33)22(45-13)30-11-29-15-19(24)27-10-28-20(15)30;1-13-7-6-10-20(5)12-17(21)18-14(2)8-9-15(11-16(13)20)19(18,3)4/h10-11,13,16-18,22,33-34H,4-9H2,1-3H3,(H,25,32)(H,26,35)(H,39,40)(H,41,42)(H2,24,27,28)(H2,36,37,38);13-18,21H,6-12H2,1-5H3/t13-,16-,17-,18+,22-;13-,14-,15+,16-,17?,18-,20+/m11/s1. The molecule has 4 aliphatic rings. The molecule has 3 unspecified atom stereocenters. The number of rotatable bonds is 19. The fraction of sp³-hybridized carbons (Fsp3) is 0.814. The van der Waals surface area contributed by atoms with E-state index in [1.165, 1.54) is 59.3 Å². The molecule has 1 aliphatic heterocycles. The molecule has 3 aliphatic carbocycles. The molecule has 11 N–H and O–H groups in total. The summed E-state index contributed by atoms with van der Waals surface area (Å²) < 4.78 is 61.8. The average Bonchev–Trinajstić information content (AvgIpc) is 3.82. The molecule has 2 aromatic heterocycles. The number of aliphatic hydroxyl groups is 3. The molecule has 410 valence electrons. The number of phosphoric acid groups is 3. The Labute approximate surface area is 423 Å². The maximum Gasteiger partial charge on any atom is 0.481 e. The number of nitrogens with two attached hydrogens (primary N) is 1. The summed E-state index contributed by atoms with van der Waals surface area (Å²) in [6.07, 6.45) is 2.33. The van der Waals surface area contributed by atoms with Crippen LogP contribution in [0.3, 0.4) is 0 Å². The highest BCUT2D eigenvalue weighted by atomic mass is 32.2. The van der Waals surface area contributed by atoms with Crippen molar-refractivity contribution in [2.24, 2.45) is 45.8 Å². The molecular weight excluding hydrogens is 1030 g/mol. The predicted molar refractivity (Wildman–Crippen MR) is 262 cm³/mol. The number of nitrogens with one attached hydrogen (secondary N) is 2. The second-order valence-corrected chi connectivity index (χ2v) is 26.7. The summed E-state index contributed by atoms with van der Waals surface area (Å²) in [6.45, 7) is 14.2. The van der Waals surface area contributed by atoms with Gasteiger partial charge in [-0.2, -0.15) is 4.31 Å². The van der Waals surface area contributed by atoms with Gasteiger partial charge >= 0.3 is 23.5 Å². The molecule has 2 bridgehead atoms. The van der Waals surface area contributed by atoms with E-state index in [-0.39, 0.29) is 47.7 Å². The van der Waals surface area contributed by atoms with E-state index in [0.29, 0.717) is 28.4 Å². The molecule has 3 heterocycles. The number of fused-ring (bicyclic) bond motifs is 4.